The van der Waals surface area contributed by atoms with E-state index in [0.29, 0.717) is 0 Å². The van der Waals surface area contributed by atoms with Gasteiger partial charge in [0.2, 0.25) is 0 Å². The van der Waals surface area contributed by atoms with Gasteiger partial charge in [-0.1, -0.05) is 13.0 Å². The first-order chi connectivity index (χ1) is 5.83. The Labute approximate surface area is 72.6 Å². The molecule has 1 heteroatoms. The van der Waals surface area contributed by atoms with Gasteiger partial charge < -0.3 is 4.40 Å². The van der Waals surface area contributed by atoms with Crippen LogP contribution >= 0.6 is 0 Å². The summed E-state index contributed by atoms with van der Waals surface area (Å²) in [5, 5.41) is 0. The van der Waals surface area contributed by atoms with Gasteiger partial charge in [-0.15, -0.1) is 0 Å². The minimum absolute atomic E-state index is 1.12. The summed E-state index contributed by atoms with van der Waals surface area (Å²) in [6.45, 7) is 4.38. The number of fused-ring (bicyclic) bond motifs is 1. The first kappa shape index (κ1) is 7.41. The van der Waals surface area contributed by atoms with Crippen molar-refractivity contribution < 1.29 is 0 Å². The van der Waals surface area contributed by atoms with Crippen LogP contribution in [-0.4, -0.2) is 4.40 Å². The Morgan fingerprint density at radius 3 is 2.92 bits per heavy atom. The number of rotatable bonds is 1. The van der Waals surface area contributed by atoms with Gasteiger partial charge >= 0.3 is 0 Å². The second kappa shape index (κ2) is 2.67. The second-order valence-corrected chi connectivity index (χ2v) is 3.14. The van der Waals surface area contributed by atoms with E-state index < -0.39 is 0 Å². The molecule has 0 amide bonds. The van der Waals surface area contributed by atoms with E-state index in [0.717, 1.165) is 6.42 Å². The van der Waals surface area contributed by atoms with Gasteiger partial charge in [0.25, 0.3) is 0 Å². The van der Waals surface area contributed by atoms with Crippen molar-refractivity contribution in [2.45, 2.75) is 20.3 Å². The molecule has 2 heterocycles. The molecule has 0 saturated carbocycles. The predicted molar refractivity (Wildman–Crippen MR) is 51.5 cm³/mol. The molecule has 0 fully saturated rings. The van der Waals surface area contributed by atoms with Crippen molar-refractivity contribution in [3.05, 3.63) is 41.7 Å². The third kappa shape index (κ3) is 0.934. The zero-order valence-electron chi connectivity index (χ0n) is 7.54. The van der Waals surface area contributed by atoms with Crippen LogP contribution in [0.4, 0.5) is 0 Å². The first-order valence-corrected chi connectivity index (χ1v) is 4.38. The summed E-state index contributed by atoms with van der Waals surface area (Å²) in [6, 6.07) is 6.33. The fourth-order valence-electron chi connectivity index (χ4n) is 1.77. The first-order valence-electron chi connectivity index (χ1n) is 4.38. The van der Waals surface area contributed by atoms with E-state index in [1.54, 1.807) is 0 Å². The van der Waals surface area contributed by atoms with E-state index >= 15 is 0 Å². The fraction of sp³-hybridized carbons (Fsp3) is 0.273. The highest BCUT2D eigenvalue weighted by Crippen LogP contribution is 2.17. The Kier molecular flexibility index (Phi) is 1.65. The number of pyridine rings is 1. The normalized spacial score (nSPS) is 10.8. The van der Waals surface area contributed by atoms with E-state index in [9.17, 15) is 0 Å². The molecule has 2 rings (SSSR count). The minimum atomic E-state index is 1.12. The van der Waals surface area contributed by atoms with Crippen molar-refractivity contribution in [1.29, 1.82) is 0 Å². The molecule has 12 heavy (non-hydrogen) atoms. The molecule has 62 valence electrons. The third-order valence-corrected chi connectivity index (χ3v) is 2.36. The van der Waals surface area contributed by atoms with E-state index in [1.807, 2.05) is 0 Å². The van der Waals surface area contributed by atoms with Crippen LogP contribution in [0.3, 0.4) is 0 Å². The SMILES string of the molecule is CCc1c(C)cn2ccccc12. The molecule has 0 aliphatic carbocycles. The molecule has 0 aliphatic heterocycles. The zero-order valence-corrected chi connectivity index (χ0v) is 7.54. The Balaban J connectivity index is 2.81. The van der Waals surface area contributed by atoms with Crippen LogP contribution in [0.15, 0.2) is 30.6 Å². The van der Waals surface area contributed by atoms with Crippen LogP contribution in [0, 0.1) is 6.92 Å². The largest absolute Gasteiger partial charge is 0.323 e. The molecule has 0 aromatic carbocycles. The van der Waals surface area contributed by atoms with E-state index in [4.69, 9.17) is 0 Å². The number of hydrogen-bond acceptors (Lipinski definition) is 0. The molecule has 1 nitrogen and oxygen atoms in total. The van der Waals surface area contributed by atoms with Gasteiger partial charge in [-0.05, 0) is 36.6 Å². The number of aryl methyl sites for hydroxylation is 2. The molecule has 0 atom stereocenters. The van der Waals surface area contributed by atoms with Crippen molar-refractivity contribution in [3.8, 4) is 0 Å². The number of nitrogens with zero attached hydrogens (tertiary/aromatic N) is 1. The minimum Gasteiger partial charge on any atom is -0.323 e. The highest BCUT2D eigenvalue weighted by Gasteiger charge is 2.02. The van der Waals surface area contributed by atoms with Crippen molar-refractivity contribution >= 4 is 5.52 Å². The molecule has 0 spiro atoms. The van der Waals surface area contributed by atoms with Gasteiger partial charge in [-0.2, -0.15) is 0 Å². The average Bonchev–Trinajstić information content (AvgIpc) is 2.40. The summed E-state index contributed by atoms with van der Waals surface area (Å²) >= 11 is 0. The highest BCUT2D eigenvalue weighted by atomic mass is 14.9. The van der Waals surface area contributed by atoms with E-state index in [-0.39, 0.29) is 0 Å². The van der Waals surface area contributed by atoms with Crippen LogP contribution in [0.2, 0.25) is 0 Å². The maximum absolute atomic E-state index is 2.20. The van der Waals surface area contributed by atoms with Crippen LogP contribution in [0.1, 0.15) is 18.1 Å². The molecule has 0 bridgehead atoms. The maximum Gasteiger partial charge on any atom is 0.0484 e. The lowest BCUT2D eigenvalue weighted by Gasteiger charge is -1.95. The van der Waals surface area contributed by atoms with Gasteiger partial charge in [0.05, 0.1) is 0 Å². The van der Waals surface area contributed by atoms with Gasteiger partial charge in [0, 0.05) is 17.9 Å². The third-order valence-electron chi connectivity index (χ3n) is 2.36. The lowest BCUT2D eigenvalue weighted by Crippen LogP contribution is -1.82. The molecule has 0 radical (unpaired) electrons. The predicted octanol–water partition coefficient (Wildman–Crippen LogP) is 2.81. The summed E-state index contributed by atoms with van der Waals surface area (Å²) in [4.78, 5) is 0. The molecule has 2 aromatic rings. The van der Waals surface area contributed by atoms with Gasteiger partial charge in [0.1, 0.15) is 0 Å². The van der Waals surface area contributed by atoms with Gasteiger partial charge in [0.15, 0.2) is 0 Å². The quantitative estimate of drug-likeness (QED) is 0.602. The van der Waals surface area contributed by atoms with Crippen LogP contribution < -0.4 is 0 Å². The van der Waals surface area contributed by atoms with Crippen LogP contribution in [0.5, 0.6) is 0 Å². The fourth-order valence-corrected chi connectivity index (χ4v) is 1.77. The topological polar surface area (TPSA) is 4.41 Å². The average molecular weight is 159 g/mol. The highest BCUT2D eigenvalue weighted by molar-refractivity contribution is 5.58. The van der Waals surface area contributed by atoms with Crippen molar-refractivity contribution in [3.63, 3.8) is 0 Å². The van der Waals surface area contributed by atoms with E-state index in [2.05, 4.69) is 48.8 Å². The van der Waals surface area contributed by atoms with Gasteiger partial charge in [-0.25, -0.2) is 0 Å². The smallest absolute Gasteiger partial charge is 0.0484 e. The molecule has 0 aliphatic rings. The molecular weight excluding hydrogens is 146 g/mol. The Morgan fingerprint density at radius 2 is 2.17 bits per heavy atom. The molecule has 2 aromatic heterocycles. The summed E-state index contributed by atoms with van der Waals surface area (Å²) < 4.78 is 2.19. The maximum atomic E-state index is 2.20. The lowest BCUT2D eigenvalue weighted by atomic mass is 10.1. The van der Waals surface area contributed by atoms with E-state index in [1.165, 1.54) is 16.6 Å². The molecule has 0 saturated heterocycles. The van der Waals surface area contributed by atoms with Crippen LogP contribution in [-0.2, 0) is 6.42 Å². The summed E-state index contributed by atoms with van der Waals surface area (Å²) in [6.07, 6.45) is 5.40. The van der Waals surface area contributed by atoms with Crippen LogP contribution in [0.25, 0.3) is 5.52 Å². The summed E-state index contributed by atoms with van der Waals surface area (Å²) in [5.41, 5.74) is 4.21. The number of aromatic nitrogens is 1. The Morgan fingerprint density at radius 1 is 1.33 bits per heavy atom. The second-order valence-electron chi connectivity index (χ2n) is 3.14. The summed E-state index contributed by atoms with van der Waals surface area (Å²) in [7, 11) is 0. The van der Waals surface area contributed by atoms with Crippen molar-refractivity contribution in [2.75, 3.05) is 0 Å². The lowest BCUT2D eigenvalue weighted by molar-refractivity contribution is 1.13. The number of hydrogen-bond donors (Lipinski definition) is 0. The Bertz CT molecular complexity index is 398. The Hall–Kier alpha value is -1.24. The van der Waals surface area contributed by atoms with Crippen molar-refractivity contribution in [1.82, 2.24) is 4.40 Å². The van der Waals surface area contributed by atoms with Gasteiger partial charge in [-0.3, -0.25) is 0 Å². The monoisotopic (exact) mass is 159 g/mol. The van der Waals surface area contributed by atoms with Crippen molar-refractivity contribution in [2.24, 2.45) is 0 Å². The zero-order chi connectivity index (χ0) is 8.55. The molecular formula is C11H13N. The standard InChI is InChI=1S/C11H13N/c1-3-10-9(2)8-12-7-5-4-6-11(10)12/h4-8H,3H2,1-2H3. The molecule has 0 unspecified atom stereocenters. The molecule has 0 N–H and O–H groups in total. The summed E-state index contributed by atoms with van der Waals surface area (Å²) in [5.74, 6) is 0.